The highest BCUT2D eigenvalue weighted by atomic mass is 127. The lowest BCUT2D eigenvalue weighted by molar-refractivity contribution is -0.393. The average Bonchev–Trinajstić information content (AvgIpc) is 2.51. The van der Waals surface area contributed by atoms with Gasteiger partial charge in [-0.2, -0.15) is 8.42 Å². The zero-order chi connectivity index (χ0) is 20.1. The smallest absolute Gasteiger partial charge is 0.299 e. The summed E-state index contributed by atoms with van der Waals surface area (Å²) in [6.07, 6.45) is 0.843. The monoisotopic (exact) mass is 502 g/mol. The summed E-state index contributed by atoms with van der Waals surface area (Å²) in [5, 5.41) is 22.1. The standard InChI is InChI=1S/C12H15IN4O8S/c1-26(23,24)25-5-4-15(7-9(13)12(14)18)10-3-2-8(16(19)20)6-11(10)17(21)22/h2-3,6,9H,4-5,7H2,1H3,(H2,14,18). The Labute approximate surface area is 161 Å². The van der Waals surface area contributed by atoms with E-state index in [-0.39, 0.29) is 25.4 Å². The number of hydrogen-bond donors (Lipinski definition) is 1. The summed E-state index contributed by atoms with van der Waals surface area (Å²) in [6, 6.07) is 3.01. The number of nitrogens with zero attached hydrogens (tertiary/aromatic N) is 3. The van der Waals surface area contributed by atoms with Gasteiger partial charge in [0.25, 0.3) is 21.5 Å². The maximum atomic E-state index is 11.3. The molecular formula is C12H15IN4O8S. The Bertz CT molecular complexity index is 815. The van der Waals surface area contributed by atoms with Gasteiger partial charge in [0.2, 0.25) is 5.91 Å². The molecule has 0 aliphatic carbocycles. The van der Waals surface area contributed by atoms with E-state index in [2.05, 4.69) is 4.18 Å². The van der Waals surface area contributed by atoms with Crippen LogP contribution in [0.25, 0.3) is 0 Å². The van der Waals surface area contributed by atoms with Crippen LogP contribution in [0.3, 0.4) is 0 Å². The van der Waals surface area contributed by atoms with Crippen molar-refractivity contribution in [2.24, 2.45) is 5.73 Å². The van der Waals surface area contributed by atoms with Gasteiger partial charge in [-0.15, -0.1) is 0 Å². The molecule has 1 rings (SSSR count). The summed E-state index contributed by atoms with van der Waals surface area (Å²) >= 11 is 1.73. The number of nitro groups is 2. The van der Waals surface area contributed by atoms with E-state index >= 15 is 0 Å². The van der Waals surface area contributed by atoms with Crippen LogP contribution in [0.5, 0.6) is 0 Å². The number of non-ortho nitro benzene ring substituents is 1. The van der Waals surface area contributed by atoms with Crippen molar-refractivity contribution < 1.29 is 27.2 Å². The number of benzene rings is 1. The molecule has 12 nitrogen and oxygen atoms in total. The number of nitro benzene ring substituents is 2. The van der Waals surface area contributed by atoms with Gasteiger partial charge in [-0.05, 0) is 6.07 Å². The largest absolute Gasteiger partial charge is 0.369 e. The number of anilines is 1. The predicted molar refractivity (Wildman–Crippen MR) is 99.8 cm³/mol. The zero-order valence-electron chi connectivity index (χ0n) is 13.4. The molecule has 0 aromatic heterocycles. The van der Waals surface area contributed by atoms with Crippen LogP contribution in [0.15, 0.2) is 18.2 Å². The Hall–Kier alpha value is -2.07. The molecule has 1 unspecified atom stereocenters. The van der Waals surface area contributed by atoms with Crippen molar-refractivity contribution >= 4 is 55.7 Å². The maximum absolute atomic E-state index is 11.3. The highest BCUT2D eigenvalue weighted by Gasteiger charge is 2.26. The molecule has 1 aromatic carbocycles. The first-order chi connectivity index (χ1) is 11.9. The molecule has 144 valence electrons. The molecule has 0 radical (unpaired) electrons. The molecule has 0 bridgehead atoms. The van der Waals surface area contributed by atoms with Crippen LogP contribution in [0.4, 0.5) is 17.1 Å². The van der Waals surface area contributed by atoms with E-state index in [1.54, 1.807) is 22.6 Å². The Balaban J connectivity index is 3.24. The van der Waals surface area contributed by atoms with E-state index in [1.165, 1.54) is 4.90 Å². The number of nitrogens with two attached hydrogens (primary N) is 1. The Kier molecular flexibility index (Phi) is 7.64. The van der Waals surface area contributed by atoms with E-state index < -0.39 is 41.2 Å². The van der Waals surface area contributed by atoms with E-state index in [9.17, 15) is 33.4 Å². The van der Waals surface area contributed by atoms with Gasteiger partial charge >= 0.3 is 0 Å². The van der Waals surface area contributed by atoms with Crippen LogP contribution >= 0.6 is 22.6 Å². The van der Waals surface area contributed by atoms with Gasteiger partial charge in [0.15, 0.2) is 0 Å². The van der Waals surface area contributed by atoms with Gasteiger partial charge in [0, 0.05) is 19.2 Å². The quantitative estimate of drug-likeness (QED) is 0.158. The van der Waals surface area contributed by atoms with Gasteiger partial charge in [-0.25, -0.2) is 0 Å². The summed E-state index contributed by atoms with van der Waals surface area (Å²) in [6.45, 7) is -0.546. The van der Waals surface area contributed by atoms with E-state index in [0.717, 1.165) is 24.5 Å². The van der Waals surface area contributed by atoms with E-state index in [0.29, 0.717) is 0 Å². The number of carbonyl (C=O) groups excluding carboxylic acids is 1. The number of amides is 1. The van der Waals surface area contributed by atoms with Gasteiger partial charge in [-0.3, -0.25) is 29.2 Å². The first-order valence-corrected chi connectivity index (χ1v) is 9.94. The summed E-state index contributed by atoms with van der Waals surface area (Å²) in [4.78, 5) is 33.1. The van der Waals surface area contributed by atoms with Crippen molar-refractivity contribution in [1.29, 1.82) is 0 Å². The Morgan fingerprint density at radius 2 is 1.96 bits per heavy atom. The lowest BCUT2D eigenvalue weighted by Crippen LogP contribution is -2.39. The van der Waals surface area contributed by atoms with Gasteiger partial charge in [-0.1, -0.05) is 22.6 Å². The molecule has 0 heterocycles. The second-order valence-corrected chi connectivity index (χ2v) is 8.18. The third-order valence-corrected chi connectivity index (χ3v) is 4.66. The third kappa shape index (κ3) is 6.68. The number of rotatable bonds is 10. The fourth-order valence-corrected chi connectivity index (χ4v) is 2.78. The minimum Gasteiger partial charge on any atom is -0.369 e. The second kappa shape index (κ2) is 9.04. The highest BCUT2D eigenvalue weighted by molar-refractivity contribution is 14.1. The zero-order valence-corrected chi connectivity index (χ0v) is 16.4. The highest BCUT2D eigenvalue weighted by Crippen LogP contribution is 2.32. The lowest BCUT2D eigenvalue weighted by atomic mass is 10.2. The first-order valence-electron chi connectivity index (χ1n) is 6.88. The second-order valence-electron chi connectivity index (χ2n) is 5.03. The molecular weight excluding hydrogens is 487 g/mol. The number of halogens is 1. The Morgan fingerprint density at radius 3 is 2.42 bits per heavy atom. The molecule has 0 spiro atoms. The summed E-state index contributed by atoms with van der Waals surface area (Å²) in [5.74, 6) is -0.677. The van der Waals surface area contributed by atoms with E-state index in [4.69, 9.17) is 5.73 Å². The molecule has 0 fully saturated rings. The molecule has 1 amide bonds. The first kappa shape index (κ1) is 22.0. The summed E-state index contributed by atoms with van der Waals surface area (Å²) in [7, 11) is -3.73. The molecule has 0 saturated heterocycles. The van der Waals surface area contributed by atoms with Crippen molar-refractivity contribution in [1.82, 2.24) is 0 Å². The van der Waals surface area contributed by atoms with Crippen LogP contribution in [-0.2, 0) is 19.1 Å². The molecule has 1 atom stereocenters. The topological polar surface area (TPSA) is 176 Å². The van der Waals surface area contributed by atoms with Crippen LogP contribution in [0.2, 0.25) is 0 Å². The predicted octanol–water partition coefficient (Wildman–Crippen LogP) is 0.574. The van der Waals surface area contributed by atoms with E-state index in [1.807, 2.05) is 0 Å². The van der Waals surface area contributed by atoms with Crippen LogP contribution in [0.1, 0.15) is 0 Å². The van der Waals surface area contributed by atoms with Crippen LogP contribution in [-0.4, -0.2) is 54.0 Å². The van der Waals surface area contributed by atoms with Crippen LogP contribution in [0, 0.1) is 20.2 Å². The number of hydrogen-bond acceptors (Lipinski definition) is 9. The van der Waals surface area contributed by atoms with Crippen molar-refractivity contribution in [3.8, 4) is 0 Å². The van der Waals surface area contributed by atoms with Crippen molar-refractivity contribution in [2.75, 3.05) is 30.9 Å². The molecule has 0 aliphatic rings. The molecule has 26 heavy (non-hydrogen) atoms. The minimum absolute atomic E-state index is 0.0272. The summed E-state index contributed by atoms with van der Waals surface area (Å²) < 4.78 is 26.0. The fraction of sp³-hybridized carbons (Fsp3) is 0.417. The van der Waals surface area contributed by atoms with Gasteiger partial charge in [0.1, 0.15) is 9.61 Å². The normalized spacial score (nSPS) is 12.4. The summed E-state index contributed by atoms with van der Waals surface area (Å²) in [5.41, 5.74) is 4.13. The minimum atomic E-state index is -3.73. The van der Waals surface area contributed by atoms with Gasteiger partial charge < -0.3 is 10.6 Å². The number of carbonyl (C=O) groups is 1. The SMILES string of the molecule is CS(=O)(=O)OCCN(CC(I)C(N)=O)c1ccc([N+](=O)[O-])cc1[N+](=O)[O-]. The Morgan fingerprint density at radius 1 is 1.35 bits per heavy atom. The molecule has 1 aromatic rings. The van der Waals surface area contributed by atoms with Crippen molar-refractivity contribution in [3.05, 3.63) is 38.4 Å². The lowest BCUT2D eigenvalue weighted by Gasteiger charge is -2.25. The molecule has 0 aliphatic heterocycles. The average molecular weight is 502 g/mol. The number of alkyl halides is 1. The van der Waals surface area contributed by atoms with Crippen molar-refractivity contribution in [2.45, 2.75) is 3.92 Å². The number of primary amides is 1. The molecule has 2 N–H and O–H groups in total. The van der Waals surface area contributed by atoms with Crippen LogP contribution < -0.4 is 10.6 Å². The molecule has 14 heteroatoms. The van der Waals surface area contributed by atoms with Gasteiger partial charge in [0.05, 0.1) is 28.8 Å². The fourth-order valence-electron chi connectivity index (χ4n) is 1.93. The molecule has 0 saturated carbocycles. The third-order valence-electron chi connectivity index (χ3n) is 3.06. The maximum Gasteiger partial charge on any atom is 0.299 e. The van der Waals surface area contributed by atoms with Crippen molar-refractivity contribution in [3.63, 3.8) is 0 Å².